The average molecular weight is 223 g/mol. The second kappa shape index (κ2) is 5.20. The highest BCUT2D eigenvalue weighted by atomic mass is 16.6. The molecule has 0 aliphatic heterocycles. The van der Waals surface area contributed by atoms with E-state index in [9.17, 15) is 15.0 Å². The van der Waals surface area contributed by atoms with Crippen molar-refractivity contribution in [3.8, 4) is 0 Å². The zero-order valence-electron chi connectivity index (χ0n) is 9.14. The number of nitrogens with zero attached hydrogens (tertiary/aromatic N) is 2. The van der Waals surface area contributed by atoms with E-state index in [1.165, 1.54) is 6.92 Å². The van der Waals surface area contributed by atoms with Crippen LogP contribution < -0.4 is 5.32 Å². The Labute approximate surface area is 92.8 Å². The standard InChI is InChI=1S/C10H13N3O3/c1-7(13(15)16)5-8-6-9(12-14)3-4-10(8)11-2/h3-4,6-7,11H,5H2,1-2H3. The smallest absolute Gasteiger partial charge is 0.214 e. The summed E-state index contributed by atoms with van der Waals surface area (Å²) >= 11 is 0. The molecule has 0 bridgehead atoms. The summed E-state index contributed by atoms with van der Waals surface area (Å²) in [6.07, 6.45) is 0.270. The van der Waals surface area contributed by atoms with Crippen LogP contribution in [-0.4, -0.2) is 18.0 Å². The van der Waals surface area contributed by atoms with Crippen molar-refractivity contribution in [2.45, 2.75) is 19.4 Å². The van der Waals surface area contributed by atoms with E-state index in [4.69, 9.17) is 0 Å². The summed E-state index contributed by atoms with van der Waals surface area (Å²) < 4.78 is 0. The second-order valence-corrected chi connectivity index (χ2v) is 3.52. The Kier molecular flexibility index (Phi) is 3.93. The van der Waals surface area contributed by atoms with Crippen LogP contribution in [0.4, 0.5) is 11.4 Å². The first-order valence-corrected chi connectivity index (χ1v) is 4.86. The molecule has 0 amide bonds. The van der Waals surface area contributed by atoms with E-state index < -0.39 is 6.04 Å². The van der Waals surface area contributed by atoms with E-state index in [1.54, 1.807) is 25.2 Å². The number of anilines is 1. The molecule has 0 aliphatic carbocycles. The van der Waals surface area contributed by atoms with Crippen LogP contribution in [0.15, 0.2) is 23.4 Å². The minimum Gasteiger partial charge on any atom is -0.388 e. The third-order valence-electron chi connectivity index (χ3n) is 2.34. The molecule has 6 heteroatoms. The number of nitrogens with one attached hydrogen (secondary N) is 1. The van der Waals surface area contributed by atoms with E-state index >= 15 is 0 Å². The molecule has 0 spiro atoms. The SMILES string of the molecule is CNc1ccc(N=O)cc1CC(C)[N+](=O)[O-]. The molecule has 1 aromatic carbocycles. The van der Waals surface area contributed by atoms with Gasteiger partial charge in [0.05, 0.1) is 0 Å². The fourth-order valence-corrected chi connectivity index (χ4v) is 1.44. The van der Waals surface area contributed by atoms with Crippen LogP contribution in [0.3, 0.4) is 0 Å². The van der Waals surface area contributed by atoms with Gasteiger partial charge >= 0.3 is 0 Å². The summed E-state index contributed by atoms with van der Waals surface area (Å²) in [5, 5.41) is 16.3. The van der Waals surface area contributed by atoms with Crippen molar-refractivity contribution in [1.82, 2.24) is 0 Å². The zero-order valence-corrected chi connectivity index (χ0v) is 9.14. The Morgan fingerprint density at radius 1 is 1.56 bits per heavy atom. The number of nitro groups is 1. The average Bonchev–Trinajstić information content (AvgIpc) is 2.28. The molecule has 1 unspecified atom stereocenters. The third-order valence-corrected chi connectivity index (χ3v) is 2.34. The maximum absolute atomic E-state index is 10.6. The summed E-state index contributed by atoms with van der Waals surface area (Å²) in [6, 6.07) is 4.14. The first kappa shape index (κ1) is 12.1. The van der Waals surface area contributed by atoms with Gasteiger partial charge in [0.1, 0.15) is 5.69 Å². The number of rotatable bonds is 5. The lowest BCUT2D eigenvalue weighted by atomic mass is 10.0. The minimum absolute atomic E-state index is 0.270. The number of hydrogen-bond donors (Lipinski definition) is 1. The van der Waals surface area contributed by atoms with Crippen molar-refractivity contribution in [3.05, 3.63) is 38.8 Å². The monoisotopic (exact) mass is 223 g/mol. The molecule has 0 fully saturated rings. The van der Waals surface area contributed by atoms with Gasteiger partial charge in [0.2, 0.25) is 6.04 Å². The van der Waals surface area contributed by atoms with Gasteiger partial charge in [-0.2, -0.15) is 0 Å². The Morgan fingerprint density at radius 2 is 2.25 bits per heavy atom. The highest BCUT2D eigenvalue weighted by Crippen LogP contribution is 2.23. The predicted molar refractivity (Wildman–Crippen MR) is 61.6 cm³/mol. The fraction of sp³-hybridized carbons (Fsp3) is 0.400. The maximum Gasteiger partial charge on any atom is 0.214 e. The summed E-state index contributed by atoms with van der Waals surface area (Å²) in [5.41, 5.74) is 1.79. The van der Waals surface area contributed by atoms with Crippen LogP contribution in [0.5, 0.6) is 0 Å². The van der Waals surface area contributed by atoms with Gasteiger partial charge in [-0.1, -0.05) is 0 Å². The molecular weight excluding hydrogens is 210 g/mol. The van der Waals surface area contributed by atoms with Gasteiger partial charge < -0.3 is 5.32 Å². The van der Waals surface area contributed by atoms with Gasteiger partial charge in [-0.3, -0.25) is 10.1 Å². The van der Waals surface area contributed by atoms with Gasteiger partial charge in [0, 0.05) is 31.0 Å². The van der Waals surface area contributed by atoms with Crippen molar-refractivity contribution < 1.29 is 4.92 Å². The van der Waals surface area contributed by atoms with Crippen LogP contribution in [-0.2, 0) is 6.42 Å². The summed E-state index contributed by atoms with van der Waals surface area (Å²) in [6.45, 7) is 1.53. The zero-order chi connectivity index (χ0) is 12.1. The second-order valence-electron chi connectivity index (χ2n) is 3.52. The molecule has 1 atom stereocenters. The van der Waals surface area contributed by atoms with Gasteiger partial charge in [-0.05, 0) is 28.9 Å². The van der Waals surface area contributed by atoms with Crippen LogP contribution in [0.2, 0.25) is 0 Å². The van der Waals surface area contributed by atoms with E-state index in [-0.39, 0.29) is 17.0 Å². The Balaban J connectivity index is 2.99. The van der Waals surface area contributed by atoms with Gasteiger partial charge in [0.25, 0.3) is 0 Å². The Bertz CT molecular complexity index is 406. The molecule has 0 aromatic heterocycles. The van der Waals surface area contributed by atoms with E-state index in [0.717, 1.165) is 11.3 Å². The highest BCUT2D eigenvalue weighted by molar-refractivity contribution is 5.57. The Hall–Kier alpha value is -1.98. The largest absolute Gasteiger partial charge is 0.388 e. The molecule has 0 aliphatic rings. The minimum atomic E-state index is -0.686. The molecule has 1 rings (SSSR count). The lowest BCUT2D eigenvalue weighted by molar-refractivity contribution is -0.517. The first-order valence-electron chi connectivity index (χ1n) is 4.86. The van der Waals surface area contributed by atoms with Crippen molar-refractivity contribution in [2.24, 2.45) is 5.18 Å². The van der Waals surface area contributed by atoms with Gasteiger partial charge in [-0.25, -0.2) is 0 Å². The number of nitroso groups, excluding NO2 is 1. The van der Waals surface area contributed by atoms with E-state index in [0.29, 0.717) is 0 Å². The molecule has 1 N–H and O–H groups in total. The van der Waals surface area contributed by atoms with Crippen molar-refractivity contribution in [3.63, 3.8) is 0 Å². The van der Waals surface area contributed by atoms with Gasteiger partial charge in [-0.15, -0.1) is 4.91 Å². The lowest BCUT2D eigenvalue weighted by Gasteiger charge is -2.10. The molecular formula is C10H13N3O3. The van der Waals surface area contributed by atoms with Gasteiger partial charge in [0.15, 0.2) is 0 Å². The van der Waals surface area contributed by atoms with E-state index in [1.807, 2.05) is 0 Å². The summed E-state index contributed by atoms with van der Waals surface area (Å²) in [7, 11) is 1.73. The summed E-state index contributed by atoms with van der Waals surface area (Å²) in [4.78, 5) is 20.6. The molecule has 1 aromatic rings. The molecule has 0 radical (unpaired) electrons. The quantitative estimate of drug-likeness (QED) is 0.471. The summed E-state index contributed by atoms with van der Waals surface area (Å²) in [5.74, 6) is 0. The molecule has 0 saturated heterocycles. The van der Waals surface area contributed by atoms with Crippen LogP contribution in [0.25, 0.3) is 0 Å². The normalized spacial score (nSPS) is 11.9. The van der Waals surface area contributed by atoms with Crippen LogP contribution in [0, 0.1) is 15.0 Å². The first-order chi connectivity index (χ1) is 7.58. The molecule has 0 heterocycles. The molecule has 0 saturated carbocycles. The van der Waals surface area contributed by atoms with Crippen LogP contribution >= 0.6 is 0 Å². The molecule has 86 valence electrons. The maximum atomic E-state index is 10.6. The highest BCUT2D eigenvalue weighted by Gasteiger charge is 2.16. The number of benzene rings is 1. The molecule has 6 nitrogen and oxygen atoms in total. The lowest BCUT2D eigenvalue weighted by Crippen LogP contribution is -2.18. The molecule has 16 heavy (non-hydrogen) atoms. The topological polar surface area (TPSA) is 84.6 Å². The fourth-order valence-electron chi connectivity index (χ4n) is 1.44. The number of hydrogen-bond acceptors (Lipinski definition) is 5. The third kappa shape index (κ3) is 2.75. The van der Waals surface area contributed by atoms with Crippen LogP contribution in [0.1, 0.15) is 12.5 Å². The van der Waals surface area contributed by atoms with E-state index in [2.05, 4.69) is 10.5 Å². The Morgan fingerprint density at radius 3 is 2.75 bits per heavy atom. The van der Waals surface area contributed by atoms with Crippen molar-refractivity contribution in [2.75, 3.05) is 12.4 Å². The predicted octanol–water partition coefficient (Wildman–Crippen LogP) is 2.33. The van der Waals surface area contributed by atoms with Crippen molar-refractivity contribution >= 4 is 11.4 Å². The van der Waals surface area contributed by atoms with Crippen molar-refractivity contribution in [1.29, 1.82) is 0 Å².